The lowest BCUT2D eigenvalue weighted by Gasteiger charge is -2.31. The Morgan fingerprint density at radius 3 is 2.56 bits per heavy atom. The molecule has 0 saturated heterocycles. The highest BCUT2D eigenvalue weighted by atomic mass is 19.1. The Hall–Kier alpha value is -1.51. The van der Waals surface area contributed by atoms with Crippen molar-refractivity contribution in [2.45, 2.75) is 25.7 Å². The highest BCUT2D eigenvalue weighted by Crippen LogP contribution is 2.47. The number of rotatable bonds is 0. The molecule has 0 radical (unpaired) electrons. The monoisotopic (exact) mass is 218 g/mol. The number of hydrogen-bond acceptors (Lipinski definition) is 2. The van der Waals surface area contributed by atoms with Gasteiger partial charge in [0.15, 0.2) is 0 Å². The second kappa shape index (κ2) is 3.00. The number of carbonyl (C=O) groups is 2. The van der Waals surface area contributed by atoms with Crippen molar-refractivity contribution >= 4 is 11.6 Å². The molecule has 1 aromatic carbocycles. The zero-order chi connectivity index (χ0) is 11.4. The molecule has 0 atom stereocenters. The van der Waals surface area contributed by atoms with Crippen molar-refractivity contribution in [2.24, 2.45) is 5.92 Å². The summed E-state index contributed by atoms with van der Waals surface area (Å²) in [5.41, 5.74) is 1.59. The molecule has 82 valence electrons. The van der Waals surface area contributed by atoms with Gasteiger partial charge in [-0.1, -0.05) is 0 Å². The minimum absolute atomic E-state index is 0.117. The number of carbonyl (C=O) groups excluding carboxylic acids is 2. The van der Waals surface area contributed by atoms with E-state index in [-0.39, 0.29) is 23.4 Å². The second-order valence-electron chi connectivity index (χ2n) is 4.75. The van der Waals surface area contributed by atoms with E-state index in [9.17, 15) is 14.0 Å². The highest BCUT2D eigenvalue weighted by molar-refractivity contribution is 6.45. The SMILES string of the molecule is Cc1cc2c(cc1F)C1CC(C1)C(=O)C2=O. The van der Waals surface area contributed by atoms with E-state index in [1.165, 1.54) is 12.1 Å². The van der Waals surface area contributed by atoms with Gasteiger partial charge in [0.05, 0.1) is 0 Å². The number of fused-ring (bicyclic) bond motifs is 1. The smallest absolute Gasteiger partial charge is 0.229 e. The standard InChI is InChI=1S/C13H11FO2/c1-6-2-10-9(5-11(6)14)7-3-8(4-7)12(15)13(10)16/h2,5,7-8H,3-4H2,1H3. The predicted octanol–water partition coefficient (Wildman–Crippen LogP) is 2.39. The van der Waals surface area contributed by atoms with Crippen LogP contribution in [-0.2, 0) is 4.79 Å². The molecule has 2 bridgehead atoms. The molecule has 1 saturated carbocycles. The first kappa shape index (κ1) is 9.70. The van der Waals surface area contributed by atoms with E-state index in [2.05, 4.69) is 0 Å². The molecule has 1 aromatic rings. The molecule has 0 heterocycles. The Labute approximate surface area is 92.5 Å². The molecule has 3 aliphatic carbocycles. The average molecular weight is 218 g/mol. The quantitative estimate of drug-likeness (QED) is 0.626. The summed E-state index contributed by atoms with van der Waals surface area (Å²) in [4.78, 5) is 23.6. The molecule has 3 aliphatic rings. The molecule has 0 aliphatic heterocycles. The summed E-state index contributed by atoms with van der Waals surface area (Å²) in [5, 5.41) is 0. The number of benzene rings is 1. The first-order valence-electron chi connectivity index (χ1n) is 5.46. The Morgan fingerprint density at radius 2 is 1.88 bits per heavy atom. The van der Waals surface area contributed by atoms with E-state index in [0.717, 1.165) is 5.56 Å². The molecule has 0 aromatic heterocycles. The van der Waals surface area contributed by atoms with Crippen LogP contribution in [0.15, 0.2) is 12.1 Å². The number of ketones is 2. The molecule has 0 amide bonds. The van der Waals surface area contributed by atoms with Crippen LogP contribution in [0.4, 0.5) is 4.39 Å². The predicted molar refractivity (Wildman–Crippen MR) is 55.9 cm³/mol. The van der Waals surface area contributed by atoms with Crippen LogP contribution < -0.4 is 0 Å². The van der Waals surface area contributed by atoms with Crippen molar-refractivity contribution < 1.29 is 14.0 Å². The molecule has 0 N–H and O–H groups in total. The van der Waals surface area contributed by atoms with Crippen molar-refractivity contribution in [1.82, 2.24) is 0 Å². The van der Waals surface area contributed by atoms with E-state index in [1.54, 1.807) is 6.92 Å². The fraction of sp³-hybridized carbons (Fsp3) is 0.385. The summed E-state index contributed by atoms with van der Waals surface area (Å²) >= 11 is 0. The Kier molecular flexibility index (Phi) is 1.82. The maximum absolute atomic E-state index is 13.5. The zero-order valence-electron chi connectivity index (χ0n) is 8.92. The molecule has 0 unspecified atom stereocenters. The van der Waals surface area contributed by atoms with Crippen LogP contribution in [0.25, 0.3) is 0 Å². The lowest BCUT2D eigenvalue weighted by molar-refractivity contribution is -0.121. The molecule has 0 spiro atoms. The average Bonchev–Trinajstić information content (AvgIpc) is 2.32. The fourth-order valence-corrected chi connectivity index (χ4v) is 2.64. The van der Waals surface area contributed by atoms with Gasteiger partial charge in [0.25, 0.3) is 0 Å². The van der Waals surface area contributed by atoms with E-state index in [4.69, 9.17) is 0 Å². The van der Waals surface area contributed by atoms with Crippen molar-refractivity contribution in [3.63, 3.8) is 0 Å². The van der Waals surface area contributed by atoms with Gasteiger partial charge in [-0.15, -0.1) is 0 Å². The minimum atomic E-state index is -0.428. The largest absolute Gasteiger partial charge is 0.290 e. The van der Waals surface area contributed by atoms with E-state index in [1.807, 2.05) is 0 Å². The van der Waals surface area contributed by atoms with Gasteiger partial charge in [-0.2, -0.15) is 0 Å². The van der Waals surface area contributed by atoms with Crippen LogP contribution in [0.1, 0.15) is 40.2 Å². The van der Waals surface area contributed by atoms with Gasteiger partial charge in [0.1, 0.15) is 5.82 Å². The summed E-state index contributed by atoms with van der Waals surface area (Å²) in [7, 11) is 0. The van der Waals surface area contributed by atoms with Gasteiger partial charge in [-0.05, 0) is 48.9 Å². The maximum Gasteiger partial charge on any atom is 0.229 e. The lowest BCUT2D eigenvalue weighted by atomic mass is 9.72. The van der Waals surface area contributed by atoms with Crippen molar-refractivity contribution in [3.8, 4) is 0 Å². The highest BCUT2D eigenvalue weighted by Gasteiger charge is 2.44. The molecule has 3 heteroatoms. The Bertz CT molecular complexity index is 513. The minimum Gasteiger partial charge on any atom is -0.290 e. The van der Waals surface area contributed by atoms with Crippen LogP contribution in [0.3, 0.4) is 0 Å². The van der Waals surface area contributed by atoms with Crippen molar-refractivity contribution in [2.75, 3.05) is 0 Å². The molecule has 2 nitrogen and oxygen atoms in total. The summed E-state index contributed by atoms with van der Waals surface area (Å²) in [6, 6.07) is 2.95. The zero-order valence-corrected chi connectivity index (χ0v) is 8.92. The number of aryl methyl sites for hydroxylation is 1. The fourth-order valence-electron chi connectivity index (χ4n) is 2.64. The van der Waals surface area contributed by atoms with Crippen molar-refractivity contribution in [1.29, 1.82) is 0 Å². The third kappa shape index (κ3) is 1.11. The van der Waals surface area contributed by atoms with Gasteiger partial charge in [-0.3, -0.25) is 9.59 Å². The van der Waals surface area contributed by atoms with Gasteiger partial charge < -0.3 is 0 Å². The van der Waals surface area contributed by atoms with E-state index < -0.39 is 5.78 Å². The van der Waals surface area contributed by atoms with Crippen LogP contribution in [-0.4, -0.2) is 11.6 Å². The van der Waals surface area contributed by atoms with E-state index in [0.29, 0.717) is 24.0 Å². The number of hydrogen-bond donors (Lipinski definition) is 0. The summed E-state index contributed by atoms with van der Waals surface area (Å²) in [6.07, 6.45) is 1.42. The van der Waals surface area contributed by atoms with Crippen LogP contribution >= 0.6 is 0 Å². The van der Waals surface area contributed by atoms with Gasteiger partial charge in [0.2, 0.25) is 11.6 Å². The number of halogens is 1. The summed E-state index contributed by atoms with van der Waals surface area (Å²) in [5.74, 6) is -0.924. The lowest BCUT2D eigenvalue weighted by Crippen LogP contribution is -2.29. The summed E-state index contributed by atoms with van der Waals surface area (Å²) in [6.45, 7) is 1.61. The Balaban J connectivity index is 2.24. The molecule has 16 heavy (non-hydrogen) atoms. The second-order valence-corrected chi connectivity index (χ2v) is 4.75. The van der Waals surface area contributed by atoms with E-state index >= 15 is 0 Å². The topological polar surface area (TPSA) is 34.1 Å². The third-order valence-corrected chi connectivity index (χ3v) is 3.75. The first-order chi connectivity index (χ1) is 7.58. The van der Waals surface area contributed by atoms with Crippen LogP contribution in [0, 0.1) is 18.7 Å². The molecule has 1 fully saturated rings. The maximum atomic E-state index is 13.5. The van der Waals surface area contributed by atoms with Gasteiger partial charge in [-0.25, -0.2) is 4.39 Å². The molecular weight excluding hydrogens is 207 g/mol. The normalized spacial score (nSPS) is 27.1. The molecule has 4 rings (SSSR count). The summed E-state index contributed by atoms with van der Waals surface area (Å²) < 4.78 is 13.5. The first-order valence-corrected chi connectivity index (χ1v) is 5.46. The Morgan fingerprint density at radius 1 is 1.19 bits per heavy atom. The van der Waals surface area contributed by atoms with Gasteiger partial charge >= 0.3 is 0 Å². The number of Topliss-reactive ketones (excluding diaryl/α,β-unsaturated/α-hetero) is 2. The van der Waals surface area contributed by atoms with Crippen LogP contribution in [0.2, 0.25) is 0 Å². The van der Waals surface area contributed by atoms with Crippen LogP contribution in [0.5, 0.6) is 0 Å². The third-order valence-electron chi connectivity index (χ3n) is 3.75. The van der Waals surface area contributed by atoms with Gasteiger partial charge in [0, 0.05) is 11.5 Å². The molecular formula is C13H11FO2. The van der Waals surface area contributed by atoms with Crippen molar-refractivity contribution in [3.05, 3.63) is 34.6 Å².